The minimum absolute atomic E-state index is 0.00500. The molecular weight excluding hydrogens is 344 g/mol. The van der Waals surface area contributed by atoms with Crippen LogP contribution >= 0.6 is 0 Å². The average Bonchev–Trinajstić information content (AvgIpc) is 2.96. The van der Waals surface area contributed by atoms with Gasteiger partial charge >= 0.3 is 0 Å². The predicted molar refractivity (Wildman–Crippen MR) is 98.4 cm³/mol. The molecule has 0 bridgehead atoms. The highest BCUT2D eigenvalue weighted by molar-refractivity contribution is 6.23. The number of amides is 2. The second-order valence-electron chi connectivity index (χ2n) is 6.01. The van der Waals surface area contributed by atoms with E-state index in [9.17, 15) is 14.4 Å². The molecular formula is C20H12N4O3. The number of aromatic nitrogens is 1. The zero-order chi connectivity index (χ0) is 19.1. The van der Waals surface area contributed by atoms with Gasteiger partial charge in [0, 0.05) is 6.07 Å². The molecule has 7 nitrogen and oxygen atoms in total. The lowest BCUT2D eigenvalue weighted by atomic mass is 10.0. The number of nitrogens with two attached hydrogens (primary N) is 1. The lowest BCUT2D eigenvalue weighted by Crippen LogP contribution is -2.24. The van der Waals surface area contributed by atoms with E-state index in [1.807, 2.05) is 6.07 Å². The number of pyridine rings is 1. The second-order valence-corrected chi connectivity index (χ2v) is 6.01. The van der Waals surface area contributed by atoms with E-state index < -0.39 is 17.4 Å². The van der Waals surface area contributed by atoms with Gasteiger partial charge in [-0.25, -0.2) is 0 Å². The summed E-state index contributed by atoms with van der Waals surface area (Å²) in [5.41, 5.74) is 8.24. The monoisotopic (exact) mass is 356 g/mol. The van der Waals surface area contributed by atoms with Gasteiger partial charge in [-0.1, -0.05) is 24.3 Å². The number of hydrogen-bond donors (Lipinski definition) is 2. The number of carbonyl (C=O) groups excluding carboxylic acids is 2. The molecule has 3 aromatic rings. The Balaban J connectivity index is 1.81. The standard InChI is InChI=1S/C20H12N4O3/c21-10-11-2-1-3-13(8-11)12-4-6-14(7-5-12)24-16(25)9-15-17(18(24)22)20(27)23-19(15)26/h1-9H,22H2,(H,23,26,27). The van der Waals surface area contributed by atoms with Crippen LogP contribution < -0.4 is 16.6 Å². The molecule has 1 aromatic heterocycles. The van der Waals surface area contributed by atoms with Gasteiger partial charge < -0.3 is 5.73 Å². The summed E-state index contributed by atoms with van der Waals surface area (Å²) in [6, 6.07) is 17.3. The van der Waals surface area contributed by atoms with Gasteiger partial charge in [0.05, 0.1) is 28.4 Å². The van der Waals surface area contributed by atoms with Crippen LogP contribution in [0, 0.1) is 11.3 Å². The van der Waals surface area contributed by atoms with Crippen LogP contribution in [-0.4, -0.2) is 16.4 Å². The van der Waals surface area contributed by atoms with Crippen molar-refractivity contribution < 1.29 is 9.59 Å². The zero-order valence-corrected chi connectivity index (χ0v) is 13.9. The normalized spacial score (nSPS) is 12.4. The number of nitrogens with zero attached hydrogens (tertiary/aromatic N) is 2. The highest BCUT2D eigenvalue weighted by Crippen LogP contribution is 2.25. The number of rotatable bonds is 2. The summed E-state index contributed by atoms with van der Waals surface area (Å²) < 4.78 is 1.19. The van der Waals surface area contributed by atoms with Crippen molar-refractivity contribution in [3.8, 4) is 22.9 Å². The predicted octanol–water partition coefficient (Wildman–Crippen LogP) is 1.84. The van der Waals surface area contributed by atoms with Crippen molar-refractivity contribution in [1.82, 2.24) is 9.88 Å². The Bertz CT molecular complexity index is 1220. The topological polar surface area (TPSA) is 118 Å². The molecule has 0 spiro atoms. The summed E-state index contributed by atoms with van der Waals surface area (Å²) in [5, 5.41) is 11.2. The maximum atomic E-state index is 12.4. The summed E-state index contributed by atoms with van der Waals surface area (Å²) >= 11 is 0. The molecule has 4 rings (SSSR count). The summed E-state index contributed by atoms with van der Waals surface area (Å²) in [6.45, 7) is 0. The minimum Gasteiger partial charge on any atom is -0.384 e. The molecule has 3 N–H and O–H groups in total. The third kappa shape index (κ3) is 2.56. The van der Waals surface area contributed by atoms with Crippen LogP contribution in [0.2, 0.25) is 0 Å². The van der Waals surface area contributed by atoms with Gasteiger partial charge in [0.15, 0.2) is 0 Å². The van der Waals surface area contributed by atoms with E-state index in [-0.39, 0.29) is 16.9 Å². The first kappa shape index (κ1) is 16.3. The van der Waals surface area contributed by atoms with Gasteiger partial charge in [0.1, 0.15) is 5.82 Å². The fraction of sp³-hybridized carbons (Fsp3) is 0. The van der Waals surface area contributed by atoms with E-state index in [0.29, 0.717) is 11.3 Å². The molecule has 2 aromatic carbocycles. The number of carbonyl (C=O) groups is 2. The van der Waals surface area contributed by atoms with Gasteiger partial charge in [-0.3, -0.25) is 24.3 Å². The Morgan fingerprint density at radius 2 is 1.67 bits per heavy atom. The fourth-order valence-electron chi connectivity index (χ4n) is 3.12. The highest BCUT2D eigenvalue weighted by Gasteiger charge is 2.31. The van der Waals surface area contributed by atoms with E-state index in [1.54, 1.807) is 42.5 Å². The van der Waals surface area contributed by atoms with Crippen molar-refractivity contribution in [3.63, 3.8) is 0 Å². The van der Waals surface area contributed by atoms with Crippen molar-refractivity contribution in [2.45, 2.75) is 0 Å². The van der Waals surface area contributed by atoms with Crippen molar-refractivity contribution in [3.05, 3.63) is 81.6 Å². The largest absolute Gasteiger partial charge is 0.384 e. The highest BCUT2D eigenvalue weighted by atomic mass is 16.2. The van der Waals surface area contributed by atoms with Crippen molar-refractivity contribution in [2.24, 2.45) is 0 Å². The molecule has 0 saturated heterocycles. The Kier molecular flexibility index (Phi) is 3.60. The van der Waals surface area contributed by atoms with Gasteiger partial charge in [0.25, 0.3) is 17.4 Å². The zero-order valence-electron chi connectivity index (χ0n) is 13.9. The van der Waals surface area contributed by atoms with E-state index in [0.717, 1.165) is 17.2 Å². The third-order valence-electron chi connectivity index (χ3n) is 4.40. The Labute approximate surface area is 153 Å². The molecule has 0 fully saturated rings. The number of hydrogen-bond acceptors (Lipinski definition) is 5. The lowest BCUT2D eigenvalue weighted by molar-refractivity contribution is 0.0880. The number of nitriles is 1. The molecule has 7 heteroatoms. The van der Waals surface area contributed by atoms with Gasteiger partial charge in [-0.05, 0) is 35.4 Å². The van der Waals surface area contributed by atoms with Crippen LogP contribution in [0.4, 0.5) is 5.82 Å². The first-order chi connectivity index (χ1) is 13.0. The molecule has 2 heterocycles. The number of imide groups is 1. The van der Waals surface area contributed by atoms with Crippen LogP contribution in [-0.2, 0) is 0 Å². The number of anilines is 1. The van der Waals surface area contributed by atoms with E-state index in [2.05, 4.69) is 11.4 Å². The molecule has 1 aliphatic rings. The summed E-state index contributed by atoms with van der Waals surface area (Å²) in [7, 11) is 0. The quantitative estimate of drug-likeness (QED) is 0.679. The maximum Gasteiger partial charge on any atom is 0.262 e. The first-order valence-electron chi connectivity index (χ1n) is 8.02. The second kappa shape index (κ2) is 5.97. The number of nitrogen functional groups attached to an aromatic ring is 1. The first-order valence-corrected chi connectivity index (χ1v) is 8.02. The molecule has 27 heavy (non-hydrogen) atoms. The van der Waals surface area contributed by atoms with Gasteiger partial charge in [-0.2, -0.15) is 5.26 Å². The molecule has 0 radical (unpaired) electrons. The van der Waals surface area contributed by atoms with E-state index in [1.165, 1.54) is 4.57 Å². The molecule has 0 saturated carbocycles. The molecule has 0 unspecified atom stereocenters. The van der Waals surface area contributed by atoms with Crippen LogP contribution in [0.5, 0.6) is 0 Å². The smallest absolute Gasteiger partial charge is 0.262 e. The molecule has 1 aliphatic heterocycles. The number of fused-ring (bicyclic) bond motifs is 1. The Hall–Kier alpha value is -4.18. The minimum atomic E-state index is -0.626. The lowest BCUT2D eigenvalue weighted by Gasteiger charge is -2.12. The fourth-order valence-corrected chi connectivity index (χ4v) is 3.12. The van der Waals surface area contributed by atoms with Crippen molar-refractivity contribution in [1.29, 1.82) is 5.26 Å². The maximum absolute atomic E-state index is 12.4. The van der Waals surface area contributed by atoms with Crippen LogP contribution in [0.1, 0.15) is 26.3 Å². The van der Waals surface area contributed by atoms with Gasteiger partial charge in [-0.15, -0.1) is 0 Å². The number of benzene rings is 2. The summed E-state index contributed by atoms with van der Waals surface area (Å²) in [5.74, 6) is -1.33. The van der Waals surface area contributed by atoms with Crippen molar-refractivity contribution in [2.75, 3.05) is 5.73 Å². The van der Waals surface area contributed by atoms with Crippen molar-refractivity contribution >= 4 is 17.6 Å². The Morgan fingerprint density at radius 1 is 0.926 bits per heavy atom. The molecule has 2 amide bonds. The van der Waals surface area contributed by atoms with Crippen LogP contribution in [0.3, 0.4) is 0 Å². The molecule has 0 aliphatic carbocycles. The summed E-state index contributed by atoms with van der Waals surface area (Å²) in [6.07, 6.45) is 0. The Morgan fingerprint density at radius 3 is 2.37 bits per heavy atom. The number of nitrogens with one attached hydrogen (secondary N) is 1. The average molecular weight is 356 g/mol. The van der Waals surface area contributed by atoms with E-state index in [4.69, 9.17) is 11.0 Å². The third-order valence-corrected chi connectivity index (χ3v) is 4.40. The molecule has 130 valence electrons. The summed E-state index contributed by atoms with van der Waals surface area (Å²) in [4.78, 5) is 36.1. The van der Waals surface area contributed by atoms with E-state index >= 15 is 0 Å². The van der Waals surface area contributed by atoms with Crippen LogP contribution in [0.25, 0.3) is 16.8 Å². The SMILES string of the molecule is N#Cc1cccc(-c2ccc(-n3c(N)c4c(cc3=O)C(=O)NC4=O)cc2)c1. The molecule has 0 atom stereocenters. The van der Waals surface area contributed by atoms with Crippen LogP contribution in [0.15, 0.2) is 59.4 Å². The van der Waals surface area contributed by atoms with Gasteiger partial charge in [0.2, 0.25) is 0 Å².